The Labute approximate surface area is 105 Å². The minimum Gasteiger partial charge on any atom is -0.478 e. The van der Waals surface area contributed by atoms with E-state index in [-0.39, 0.29) is 0 Å². The quantitative estimate of drug-likeness (QED) is 0.640. The van der Waals surface area contributed by atoms with Gasteiger partial charge in [0.1, 0.15) is 0 Å². The second-order valence-electron chi connectivity index (χ2n) is 3.39. The van der Waals surface area contributed by atoms with E-state index < -0.39 is 11.9 Å². The number of carboxylic acid groups (broad SMARTS) is 1. The average molecular weight is 246 g/mol. The Morgan fingerprint density at radius 3 is 2.22 bits per heavy atom. The second kappa shape index (κ2) is 7.06. The largest absolute Gasteiger partial charge is 0.478 e. The lowest BCUT2D eigenvalue weighted by molar-refractivity contribution is -0.137. The highest BCUT2D eigenvalue weighted by Gasteiger charge is 1.98. The first-order valence-corrected chi connectivity index (χ1v) is 5.48. The zero-order chi connectivity index (χ0) is 13.4. The maximum Gasteiger partial charge on any atom is 0.330 e. The number of benzene rings is 1. The molecule has 1 N–H and O–H groups in total. The van der Waals surface area contributed by atoms with E-state index in [1.165, 1.54) is 12.2 Å². The van der Waals surface area contributed by atoms with E-state index in [1.807, 2.05) is 6.07 Å². The molecule has 0 fully saturated rings. The smallest absolute Gasteiger partial charge is 0.330 e. The first-order chi connectivity index (χ1) is 8.63. The number of ether oxygens (including phenoxy) is 1. The van der Waals surface area contributed by atoms with Gasteiger partial charge >= 0.3 is 11.9 Å². The summed E-state index contributed by atoms with van der Waals surface area (Å²) in [4.78, 5) is 21.6. The predicted octanol–water partition coefficient (Wildman–Crippen LogP) is 2.36. The van der Waals surface area contributed by atoms with Crippen LogP contribution in [0.5, 0.6) is 0 Å². The number of hydrogen-bond donors (Lipinski definition) is 1. The van der Waals surface area contributed by atoms with Crippen LogP contribution in [0.3, 0.4) is 0 Å². The lowest BCUT2D eigenvalue weighted by Gasteiger charge is -2.00. The van der Waals surface area contributed by atoms with Crippen molar-refractivity contribution in [3.8, 4) is 0 Å². The van der Waals surface area contributed by atoms with Crippen molar-refractivity contribution >= 4 is 24.1 Å². The zero-order valence-corrected chi connectivity index (χ0v) is 10.00. The molecule has 1 rings (SSSR count). The Bertz CT molecular complexity index is 486. The molecule has 0 spiro atoms. The number of carbonyl (C=O) groups excluding carboxylic acids is 1. The number of rotatable bonds is 5. The van der Waals surface area contributed by atoms with E-state index in [0.717, 1.165) is 17.2 Å². The Hall–Kier alpha value is -2.36. The van der Waals surface area contributed by atoms with Crippen LogP contribution in [0.4, 0.5) is 0 Å². The second-order valence-corrected chi connectivity index (χ2v) is 3.39. The zero-order valence-electron chi connectivity index (χ0n) is 10.00. The molecule has 0 unspecified atom stereocenters. The summed E-state index contributed by atoms with van der Waals surface area (Å²) >= 11 is 0. The van der Waals surface area contributed by atoms with Gasteiger partial charge in [0.2, 0.25) is 0 Å². The lowest BCUT2D eigenvalue weighted by atomic mass is 10.1. The Morgan fingerprint density at radius 1 is 1.17 bits per heavy atom. The van der Waals surface area contributed by atoms with Crippen molar-refractivity contribution in [2.45, 2.75) is 6.92 Å². The van der Waals surface area contributed by atoms with Crippen molar-refractivity contribution in [3.05, 3.63) is 47.5 Å². The Balaban J connectivity index is 2.88. The lowest BCUT2D eigenvalue weighted by Crippen LogP contribution is -1.98. The highest BCUT2D eigenvalue weighted by Crippen LogP contribution is 2.12. The van der Waals surface area contributed by atoms with Crippen LogP contribution in [0, 0.1) is 0 Å². The van der Waals surface area contributed by atoms with Crippen LogP contribution >= 0.6 is 0 Å². The van der Waals surface area contributed by atoms with Gasteiger partial charge in [0, 0.05) is 12.2 Å². The standard InChI is InChI=1S/C14H14O4/c1-2-18-14(17)10-8-12-6-4-3-5-11(12)7-9-13(15)16/h3-10H,2H2,1H3,(H,15,16)/b9-7+,10-8?. The van der Waals surface area contributed by atoms with Gasteiger partial charge in [0.25, 0.3) is 0 Å². The van der Waals surface area contributed by atoms with Crippen LogP contribution in [0.2, 0.25) is 0 Å². The maximum absolute atomic E-state index is 11.2. The van der Waals surface area contributed by atoms with Crippen molar-refractivity contribution in [1.29, 1.82) is 0 Å². The van der Waals surface area contributed by atoms with E-state index in [9.17, 15) is 9.59 Å². The molecule has 18 heavy (non-hydrogen) atoms. The predicted molar refractivity (Wildman–Crippen MR) is 68.8 cm³/mol. The monoisotopic (exact) mass is 246 g/mol. The molecule has 0 aliphatic carbocycles. The summed E-state index contributed by atoms with van der Waals surface area (Å²) in [7, 11) is 0. The molecule has 0 aliphatic rings. The van der Waals surface area contributed by atoms with Gasteiger partial charge < -0.3 is 9.84 Å². The van der Waals surface area contributed by atoms with Gasteiger partial charge in [-0.25, -0.2) is 9.59 Å². The Kier molecular flexibility index (Phi) is 5.38. The van der Waals surface area contributed by atoms with Crippen molar-refractivity contribution in [1.82, 2.24) is 0 Å². The molecular formula is C14H14O4. The van der Waals surface area contributed by atoms with Crippen LogP contribution in [-0.4, -0.2) is 23.7 Å². The van der Waals surface area contributed by atoms with Gasteiger partial charge in [-0.05, 0) is 30.2 Å². The summed E-state index contributed by atoms with van der Waals surface area (Å²) in [5, 5.41) is 8.57. The van der Waals surface area contributed by atoms with Crippen LogP contribution in [0.1, 0.15) is 18.1 Å². The van der Waals surface area contributed by atoms with E-state index in [2.05, 4.69) is 0 Å². The fourth-order valence-corrected chi connectivity index (χ4v) is 1.32. The molecule has 0 saturated carbocycles. The van der Waals surface area contributed by atoms with Crippen LogP contribution in [0.25, 0.3) is 12.2 Å². The number of hydrogen-bond acceptors (Lipinski definition) is 3. The summed E-state index contributed by atoms with van der Waals surface area (Å²) in [6, 6.07) is 7.16. The van der Waals surface area contributed by atoms with Crippen LogP contribution in [0.15, 0.2) is 36.4 Å². The number of carbonyl (C=O) groups is 2. The third-order valence-corrected chi connectivity index (χ3v) is 2.09. The molecule has 4 nitrogen and oxygen atoms in total. The SMILES string of the molecule is CCOC(=O)C=Cc1ccccc1/C=C/C(=O)O. The fraction of sp³-hybridized carbons (Fsp3) is 0.143. The van der Waals surface area contributed by atoms with E-state index in [4.69, 9.17) is 9.84 Å². The first kappa shape index (κ1) is 13.7. The number of aliphatic carboxylic acids is 1. The first-order valence-electron chi connectivity index (χ1n) is 5.48. The van der Waals surface area contributed by atoms with Gasteiger partial charge in [0.15, 0.2) is 0 Å². The van der Waals surface area contributed by atoms with Crippen molar-refractivity contribution < 1.29 is 19.4 Å². The summed E-state index contributed by atoms with van der Waals surface area (Å²) in [6.07, 6.45) is 5.45. The molecule has 0 aromatic heterocycles. The third-order valence-electron chi connectivity index (χ3n) is 2.09. The van der Waals surface area contributed by atoms with E-state index in [1.54, 1.807) is 31.2 Å². The van der Waals surface area contributed by atoms with Gasteiger partial charge in [-0.3, -0.25) is 0 Å². The molecule has 94 valence electrons. The van der Waals surface area contributed by atoms with Crippen LogP contribution < -0.4 is 0 Å². The minimum absolute atomic E-state index is 0.323. The van der Waals surface area contributed by atoms with E-state index in [0.29, 0.717) is 6.61 Å². The summed E-state index contributed by atoms with van der Waals surface area (Å²) in [5.41, 5.74) is 1.48. The molecule has 1 aromatic carbocycles. The van der Waals surface area contributed by atoms with Crippen molar-refractivity contribution in [2.24, 2.45) is 0 Å². The minimum atomic E-state index is -1.01. The molecule has 0 bridgehead atoms. The highest BCUT2D eigenvalue weighted by atomic mass is 16.5. The Morgan fingerprint density at radius 2 is 1.72 bits per heavy atom. The summed E-state index contributed by atoms with van der Waals surface area (Å²) in [5.74, 6) is -1.44. The van der Waals surface area contributed by atoms with Gasteiger partial charge in [-0.1, -0.05) is 24.3 Å². The highest BCUT2D eigenvalue weighted by molar-refractivity contribution is 5.89. The average Bonchev–Trinajstić information content (AvgIpc) is 2.35. The van der Waals surface area contributed by atoms with Gasteiger partial charge in [-0.2, -0.15) is 0 Å². The van der Waals surface area contributed by atoms with Gasteiger partial charge in [0.05, 0.1) is 6.61 Å². The third kappa shape index (κ3) is 4.65. The maximum atomic E-state index is 11.2. The normalized spacial score (nSPS) is 10.9. The fourth-order valence-electron chi connectivity index (χ4n) is 1.32. The molecule has 0 heterocycles. The number of carboxylic acids is 1. The molecule has 0 amide bonds. The van der Waals surface area contributed by atoms with Crippen molar-refractivity contribution in [2.75, 3.05) is 6.61 Å². The van der Waals surface area contributed by atoms with E-state index >= 15 is 0 Å². The molecule has 4 heteroatoms. The molecular weight excluding hydrogens is 232 g/mol. The topological polar surface area (TPSA) is 63.6 Å². The molecule has 1 aromatic rings. The molecule has 0 aliphatic heterocycles. The summed E-state index contributed by atoms with van der Waals surface area (Å²) in [6.45, 7) is 2.05. The molecule has 0 atom stereocenters. The summed E-state index contributed by atoms with van der Waals surface area (Å²) < 4.78 is 4.76. The molecule has 0 radical (unpaired) electrons. The number of esters is 1. The van der Waals surface area contributed by atoms with Crippen LogP contribution in [-0.2, 0) is 14.3 Å². The molecule has 0 saturated heterocycles. The van der Waals surface area contributed by atoms with Gasteiger partial charge in [-0.15, -0.1) is 0 Å². The van der Waals surface area contributed by atoms with Crippen molar-refractivity contribution in [3.63, 3.8) is 0 Å².